The predicted molar refractivity (Wildman–Crippen MR) is 151 cm³/mol. The molecule has 0 heterocycles. The number of anilines is 2. The van der Waals surface area contributed by atoms with Gasteiger partial charge < -0.3 is 34.3 Å². The highest BCUT2D eigenvalue weighted by molar-refractivity contribution is 6.01. The number of hydrogen-bond donors (Lipinski definition) is 2. The first-order valence-electron chi connectivity index (χ1n) is 12.6. The summed E-state index contributed by atoms with van der Waals surface area (Å²) in [4.78, 5) is 25.5. The Morgan fingerprint density at radius 2 is 1.26 bits per heavy atom. The standard InChI is InChI=1S/C31H28F2N2O7/c1-38-18-41-27-15-13-24(17-28(27)39-2)35-31(37)34-23-12-14-26(25(16-23)30(36)40-3)42-29(19-4-8-21(32)9-5-19)20-6-10-22(33)11-7-20/h4-17,29H,18H2,1-3H3,(H2,34,35,37). The van der Waals surface area contributed by atoms with Crippen molar-refractivity contribution in [3.8, 4) is 17.2 Å². The van der Waals surface area contributed by atoms with Crippen molar-refractivity contribution >= 4 is 23.4 Å². The van der Waals surface area contributed by atoms with Crippen molar-refractivity contribution < 1.29 is 42.1 Å². The van der Waals surface area contributed by atoms with E-state index in [0.717, 1.165) is 0 Å². The summed E-state index contributed by atoms with van der Waals surface area (Å²) >= 11 is 0. The maximum Gasteiger partial charge on any atom is 0.341 e. The van der Waals surface area contributed by atoms with Gasteiger partial charge in [-0.15, -0.1) is 0 Å². The van der Waals surface area contributed by atoms with E-state index in [1.807, 2.05) is 0 Å². The third-order valence-corrected chi connectivity index (χ3v) is 5.99. The first kappa shape index (κ1) is 29.8. The summed E-state index contributed by atoms with van der Waals surface area (Å²) in [6.45, 7) is 0.0282. The van der Waals surface area contributed by atoms with Crippen molar-refractivity contribution in [1.29, 1.82) is 0 Å². The van der Waals surface area contributed by atoms with E-state index in [1.165, 1.54) is 88.1 Å². The lowest BCUT2D eigenvalue weighted by atomic mass is 10.0. The molecule has 42 heavy (non-hydrogen) atoms. The van der Waals surface area contributed by atoms with Crippen molar-refractivity contribution in [3.63, 3.8) is 0 Å². The van der Waals surface area contributed by atoms with E-state index in [2.05, 4.69) is 10.6 Å². The molecular formula is C31H28F2N2O7. The van der Waals surface area contributed by atoms with Crippen LogP contribution in [0, 0.1) is 11.6 Å². The van der Waals surface area contributed by atoms with Gasteiger partial charge in [-0.3, -0.25) is 0 Å². The molecule has 0 saturated carbocycles. The fourth-order valence-electron chi connectivity index (χ4n) is 3.99. The van der Waals surface area contributed by atoms with Crippen LogP contribution in [0.2, 0.25) is 0 Å². The molecule has 0 fully saturated rings. The van der Waals surface area contributed by atoms with Gasteiger partial charge in [0.15, 0.2) is 18.3 Å². The number of carbonyl (C=O) groups is 2. The number of hydrogen-bond acceptors (Lipinski definition) is 7. The first-order valence-corrected chi connectivity index (χ1v) is 12.6. The Hall–Kier alpha value is -5.16. The minimum absolute atomic E-state index is 0.0193. The van der Waals surface area contributed by atoms with E-state index in [0.29, 0.717) is 28.3 Å². The predicted octanol–water partition coefficient (Wildman–Crippen LogP) is 6.56. The third-order valence-electron chi connectivity index (χ3n) is 5.99. The summed E-state index contributed by atoms with van der Waals surface area (Å²) in [6, 6.07) is 19.9. The molecule has 2 amide bonds. The molecule has 0 aliphatic rings. The number of halogens is 2. The average molecular weight is 579 g/mol. The van der Waals surface area contributed by atoms with Crippen molar-refractivity contribution in [3.05, 3.63) is 113 Å². The normalized spacial score (nSPS) is 10.6. The van der Waals surface area contributed by atoms with Crippen LogP contribution in [0.25, 0.3) is 0 Å². The topological polar surface area (TPSA) is 104 Å². The molecule has 2 N–H and O–H groups in total. The molecule has 4 aromatic carbocycles. The smallest absolute Gasteiger partial charge is 0.341 e. The molecule has 0 aliphatic carbocycles. The van der Waals surface area contributed by atoms with Gasteiger partial charge >= 0.3 is 12.0 Å². The molecule has 0 aromatic heterocycles. The summed E-state index contributed by atoms with van der Waals surface area (Å²) in [5.74, 6) is -0.645. The van der Waals surface area contributed by atoms with Crippen LogP contribution in [0.5, 0.6) is 17.2 Å². The number of carbonyl (C=O) groups excluding carboxylic acids is 2. The second-order valence-electron chi connectivity index (χ2n) is 8.80. The lowest BCUT2D eigenvalue weighted by Gasteiger charge is -2.22. The van der Waals surface area contributed by atoms with Crippen LogP contribution < -0.4 is 24.8 Å². The van der Waals surface area contributed by atoms with Gasteiger partial charge in [-0.05, 0) is 65.7 Å². The van der Waals surface area contributed by atoms with Gasteiger partial charge in [-0.2, -0.15) is 0 Å². The highest BCUT2D eigenvalue weighted by atomic mass is 19.1. The zero-order valence-electron chi connectivity index (χ0n) is 23.0. The second kappa shape index (κ2) is 14.0. The Kier molecular flexibility index (Phi) is 9.90. The summed E-state index contributed by atoms with van der Waals surface area (Å²) in [7, 11) is 4.17. The second-order valence-corrected chi connectivity index (χ2v) is 8.80. The van der Waals surface area contributed by atoms with Gasteiger partial charge in [0.25, 0.3) is 0 Å². The number of methoxy groups -OCH3 is 3. The highest BCUT2D eigenvalue weighted by Crippen LogP contribution is 2.33. The van der Waals surface area contributed by atoms with Crippen LogP contribution in [0.1, 0.15) is 27.6 Å². The largest absolute Gasteiger partial charge is 0.493 e. The number of amides is 2. The lowest BCUT2D eigenvalue weighted by Crippen LogP contribution is -2.20. The summed E-state index contributed by atoms with van der Waals surface area (Å²) in [6.07, 6.45) is -0.817. The SMILES string of the molecule is COCOc1ccc(NC(=O)Nc2ccc(OC(c3ccc(F)cc3)c3ccc(F)cc3)c(C(=O)OC)c2)cc1OC. The maximum atomic E-state index is 13.6. The highest BCUT2D eigenvalue weighted by Gasteiger charge is 2.22. The molecular weight excluding hydrogens is 550 g/mol. The summed E-state index contributed by atoms with van der Waals surface area (Å²) < 4.78 is 54.0. The minimum atomic E-state index is -0.817. The molecule has 0 saturated heterocycles. The molecule has 0 radical (unpaired) electrons. The van der Waals surface area contributed by atoms with Crippen molar-refractivity contribution in [1.82, 2.24) is 0 Å². The van der Waals surface area contributed by atoms with Crippen LogP contribution in [0.15, 0.2) is 84.9 Å². The third kappa shape index (κ3) is 7.52. The number of urea groups is 1. The van der Waals surface area contributed by atoms with Gasteiger partial charge in [0.2, 0.25) is 0 Å². The van der Waals surface area contributed by atoms with Gasteiger partial charge in [-0.1, -0.05) is 24.3 Å². The maximum absolute atomic E-state index is 13.6. The molecule has 0 spiro atoms. The number of benzene rings is 4. The quantitative estimate of drug-likeness (QED) is 0.154. The molecule has 0 atom stereocenters. The summed E-state index contributed by atoms with van der Waals surface area (Å²) in [5.41, 5.74) is 1.84. The molecule has 4 rings (SSSR count). The van der Waals surface area contributed by atoms with E-state index >= 15 is 0 Å². The Morgan fingerprint density at radius 3 is 1.79 bits per heavy atom. The molecule has 0 aliphatic heterocycles. The van der Waals surface area contributed by atoms with Crippen LogP contribution in [-0.2, 0) is 9.47 Å². The number of nitrogens with one attached hydrogen (secondary N) is 2. The van der Waals surface area contributed by atoms with Crippen LogP contribution >= 0.6 is 0 Å². The van der Waals surface area contributed by atoms with E-state index in [9.17, 15) is 18.4 Å². The van der Waals surface area contributed by atoms with E-state index < -0.39 is 29.7 Å². The number of rotatable bonds is 11. The number of esters is 1. The van der Waals surface area contributed by atoms with Crippen LogP contribution in [0.3, 0.4) is 0 Å². The zero-order valence-corrected chi connectivity index (χ0v) is 23.0. The Labute approximate surface area is 240 Å². The summed E-state index contributed by atoms with van der Waals surface area (Å²) in [5, 5.41) is 5.35. The molecule has 9 nitrogen and oxygen atoms in total. The first-order chi connectivity index (χ1) is 20.3. The molecule has 0 unspecified atom stereocenters. The molecule has 4 aromatic rings. The molecule has 0 bridgehead atoms. The Morgan fingerprint density at radius 1 is 0.714 bits per heavy atom. The lowest BCUT2D eigenvalue weighted by molar-refractivity contribution is 0.0491. The van der Waals surface area contributed by atoms with E-state index in [1.54, 1.807) is 18.2 Å². The fourth-order valence-corrected chi connectivity index (χ4v) is 3.99. The monoisotopic (exact) mass is 578 g/mol. The van der Waals surface area contributed by atoms with Crippen molar-refractivity contribution in [2.75, 3.05) is 38.8 Å². The average Bonchev–Trinajstić information content (AvgIpc) is 3.00. The zero-order chi connectivity index (χ0) is 30.1. The van der Waals surface area contributed by atoms with Crippen LogP contribution in [0.4, 0.5) is 25.0 Å². The van der Waals surface area contributed by atoms with Gasteiger partial charge in [0.05, 0.1) is 14.2 Å². The number of ether oxygens (including phenoxy) is 5. The van der Waals surface area contributed by atoms with Crippen LogP contribution in [-0.4, -0.2) is 40.1 Å². The molecule has 218 valence electrons. The minimum Gasteiger partial charge on any atom is -0.493 e. The van der Waals surface area contributed by atoms with E-state index in [4.69, 9.17) is 23.7 Å². The Balaban J connectivity index is 1.57. The van der Waals surface area contributed by atoms with Crippen molar-refractivity contribution in [2.45, 2.75) is 6.10 Å². The van der Waals surface area contributed by atoms with Gasteiger partial charge in [0, 0.05) is 24.6 Å². The van der Waals surface area contributed by atoms with E-state index in [-0.39, 0.29) is 23.8 Å². The molecule has 11 heteroatoms. The van der Waals surface area contributed by atoms with Gasteiger partial charge in [0.1, 0.15) is 29.1 Å². The van der Waals surface area contributed by atoms with Crippen molar-refractivity contribution in [2.24, 2.45) is 0 Å². The Bertz CT molecular complexity index is 1480. The fraction of sp³-hybridized carbons (Fsp3) is 0.161. The van der Waals surface area contributed by atoms with Gasteiger partial charge in [-0.25, -0.2) is 18.4 Å².